The topological polar surface area (TPSA) is 149 Å². The van der Waals surface area contributed by atoms with Crippen LogP contribution in [0.15, 0.2) is 24.3 Å². The van der Waals surface area contributed by atoms with Gasteiger partial charge in [0.1, 0.15) is 12.7 Å². The summed E-state index contributed by atoms with van der Waals surface area (Å²) < 4.78 is 32.7. The van der Waals surface area contributed by atoms with Crippen LogP contribution in [0.2, 0.25) is 0 Å². The van der Waals surface area contributed by atoms with Crippen molar-refractivity contribution >= 4 is 19.8 Å². The zero-order chi connectivity index (χ0) is 40.5. The van der Waals surface area contributed by atoms with Gasteiger partial charge in [0, 0.05) is 12.8 Å². The van der Waals surface area contributed by atoms with Crippen molar-refractivity contribution < 1.29 is 47.8 Å². The third-order valence-electron chi connectivity index (χ3n) is 9.61. The molecule has 11 heteroatoms. The molecule has 0 aliphatic heterocycles. The van der Waals surface area contributed by atoms with Crippen LogP contribution in [0.5, 0.6) is 0 Å². The lowest BCUT2D eigenvalue weighted by Gasteiger charge is -2.20. The fourth-order valence-electron chi connectivity index (χ4n) is 6.14. The van der Waals surface area contributed by atoms with Crippen LogP contribution in [0.25, 0.3) is 0 Å². The van der Waals surface area contributed by atoms with Crippen molar-refractivity contribution in [3.63, 3.8) is 0 Å². The molecule has 0 aromatic rings. The van der Waals surface area contributed by atoms with Gasteiger partial charge < -0.3 is 24.6 Å². The maximum atomic E-state index is 12.6. The minimum atomic E-state index is -4.62. The van der Waals surface area contributed by atoms with Gasteiger partial charge in [-0.15, -0.1) is 0 Å². The molecular weight excluding hydrogens is 719 g/mol. The highest BCUT2D eigenvalue weighted by Gasteiger charge is 2.27. The van der Waals surface area contributed by atoms with Crippen LogP contribution in [0.1, 0.15) is 206 Å². The summed E-state index contributed by atoms with van der Waals surface area (Å²) in [5, 5.41) is 18.3. The lowest BCUT2D eigenvalue weighted by Crippen LogP contribution is -2.29. The van der Waals surface area contributed by atoms with Gasteiger partial charge >= 0.3 is 19.8 Å². The number of hydrogen-bond donors (Lipinski definition) is 3. The Bertz CT molecular complexity index is 972. The predicted octanol–water partition coefficient (Wildman–Crippen LogP) is 11.8. The normalized spacial score (nSPS) is 14.1. The second-order valence-corrected chi connectivity index (χ2v) is 16.5. The molecule has 0 fully saturated rings. The third-order valence-corrected chi connectivity index (χ3v) is 10.6. The van der Waals surface area contributed by atoms with E-state index in [0.717, 1.165) is 57.8 Å². The number of allylic oxidation sites excluding steroid dienone is 4. The first-order chi connectivity index (χ1) is 26.7. The highest BCUT2D eigenvalue weighted by atomic mass is 31.2. The number of phosphoric ester groups is 1. The molecule has 3 atom stereocenters. The average Bonchev–Trinajstić information content (AvgIpc) is 3.17. The molecule has 3 unspecified atom stereocenters. The van der Waals surface area contributed by atoms with E-state index in [1.165, 1.54) is 109 Å². The fourth-order valence-corrected chi connectivity index (χ4v) is 6.93. The summed E-state index contributed by atoms with van der Waals surface area (Å²) in [5.41, 5.74) is 0. The number of carbonyl (C=O) groups excluding carboxylic acids is 2. The van der Waals surface area contributed by atoms with E-state index in [9.17, 15) is 24.2 Å². The zero-order valence-electron chi connectivity index (χ0n) is 35.2. The van der Waals surface area contributed by atoms with Crippen LogP contribution < -0.4 is 0 Å². The molecule has 55 heavy (non-hydrogen) atoms. The Kier molecular flexibility index (Phi) is 39.5. The number of aliphatic hydroxyl groups excluding tert-OH is 2. The van der Waals surface area contributed by atoms with Gasteiger partial charge in [-0.3, -0.25) is 18.6 Å². The molecule has 0 rings (SSSR count). The molecule has 324 valence electrons. The maximum absolute atomic E-state index is 12.6. The molecule has 3 N–H and O–H groups in total. The minimum Gasteiger partial charge on any atom is -0.462 e. The van der Waals surface area contributed by atoms with E-state index in [1.54, 1.807) is 0 Å². The number of unbranched alkanes of at least 4 members (excludes halogenated alkanes) is 24. The lowest BCUT2D eigenvalue weighted by molar-refractivity contribution is -0.161. The van der Waals surface area contributed by atoms with E-state index in [-0.39, 0.29) is 19.4 Å². The zero-order valence-corrected chi connectivity index (χ0v) is 36.0. The van der Waals surface area contributed by atoms with Crippen molar-refractivity contribution in [1.29, 1.82) is 0 Å². The Morgan fingerprint density at radius 2 is 0.945 bits per heavy atom. The molecule has 0 bridgehead atoms. The molecule has 0 heterocycles. The molecular formula is C44H83O10P. The Labute approximate surface area is 336 Å². The van der Waals surface area contributed by atoms with Crippen molar-refractivity contribution in [1.82, 2.24) is 0 Å². The fraction of sp³-hybridized carbons (Fsp3) is 0.864. The number of rotatable bonds is 42. The van der Waals surface area contributed by atoms with Crippen LogP contribution in [-0.4, -0.2) is 65.7 Å². The Morgan fingerprint density at radius 3 is 1.42 bits per heavy atom. The van der Waals surface area contributed by atoms with E-state index in [1.807, 2.05) is 0 Å². The highest BCUT2D eigenvalue weighted by molar-refractivity contribution is 7.47. The van der Waals surface area contributed by atoms with Crippen LogP contribution in [0.3, 0.4) is 0 Å². The Balaban J connectivity index is 4.28. The lowest BCUT2D eigenvalue weighted by atomic mass is 10.0. The molecule has 0 spiro atoms. The van der Waals surface area contributed by atoms with E-state index < -0.39 is 51.8 Å². The molecule has 0 amide bonds. The van der Waals surface area contributed by atoms with Crippen LogP contribution in [0, 0.1) is 0 Å². The first-order valence-electron chi connectivity index (χ1n) is 22.3. The maximum Gasteiger partial charge on any atom is 0.472 e. The molecule has 0 aliphatic rings. The number of hydrogen-bond acceptors (Lipinski definition) is 9. The van der Waals surface area contributed by atoms with Crippen molar-refractivity contribution in [2.24, 2.45) is 0 Å². The second kappa shape index (κ2) is 40.6. The Hall–Kier alpha value is -1.55. The number of ether oxygens (including phenoxy) is 2. The Morgan fingerprint density at radius 1 is 0.545 bits per heavy atom. The number of carbonyl (C=O) groups is 2. The molecule has 10 nitrogen and oxygen atoms in total. The quantitative estimate of drug-likeness (QED) is 0.0236. The predicted molar refractivity (Wildman–Crippen MR) is 224 cm³/mol. The largest absolute Gasteiger partial charge is 0.472 e. The molecule has 0 aromatic heterocycles. The number of esters is 2. The summed E-state index contributed by atoms with van der Waals surface area (Å²) in [6.45, 7) is 2.37. The van der Waals surface area contributed by atoms with Gasteiger partial charge in [-0.1, -0.05) is 173 Å². The van der Waals surface area contributed by atoms with E-state index in [2.05, 4.69) is 38.2 Å². The number of phosphoric acid groups is 1. The van der Waals surface area contributed by atoms with E-state index >= 15 is 0 Å². The van der Waals surface area contributed by atoms with Gasteiger partial charge in [-0.2, -0.15) is 0 Å². The molecule has 0 saturated heterocycles. The van der Waals surface area contributed by atoms with E-state index in [4.69, 9.17) is 23.6 Å². The smallest absolute Gasteiger partial charge is 0.462 e. The molecule has 0 aliphatic carbocycles. The summed E-state index contributed by atoms with van der Waals surface area (Å²) in [5.74, 6) is -0.932. The van der Waals surface area contributed by atoms with Gasteiger partial charge in [0.2, 0.25) is 0 Å². The summed E-state index contributed by atoms with van der Waals surface area (Å²) in [7, 11) is -4.62. The van der Waals surface area contributed by atoms with Crippen molar-refractivity contribution in [3.05, 3.63) is 24.3 Å². The van der Waals surface area contributed by atoms with Gasteiger partial charge in [0.25, 0.3) is 0 Å². The summed E-state index contributed by atoms with van der Waals surface area (Å²) in [4.78, 5) is 35.0. The molecule has 0 aromatic carbocycles. The van der Waals surface area contributed by atoms with Crippen molar-refractivity contribution in [2.45, 2.75) is 219 Å². The highest BCUT2D eigenvalue weighted by Crippen LogP contribution is 2.43. The molecule has 0 saturated carbocycles. The SMILES string of the molecule is CCCCCC/C=C\C/C=C\CCCCCCCC(=O)OC(COC(=O)CCCCCCCCCCCCCCCCCC)COP(=O)(O)OCC(O)CO. The van der Waals surface area contributed by atoms with Crippen molar-refractivity contribution in [2.75, 3.05) is 26.4 Å². The monoisotopic (exact) mass is 803 g/mol. The van der Waals surface area contributed by atoms with Gasteiger partial charge in [-0.05, 0) is 44.9 Å². The summed E-state index contributed by atoms with van der Waals surface area (Å²) in [6.07, 6.45) is 39.9. The van der Waals surface area contributed by atoms with Crippen LogP contribution in [-0.2, 0) is 32.7 Å². The van der Waals surface area contributed by atoms with Gasteiger partial charge in [-0.25, -0.2) is 4.57 Å². The first kappa shape index (κ1) is 53.5. The van der Waals surface area contributed by atoms with Crippen molar-refractivity contribution in [3.8, 4) is 0 Å². The average molecular weight is 803 g/mol. The minimum absolute atomic E-state index is 0.171. The second-order valence-electron chi connectivity index (χ2n) is 15.1. The number of aliphatic hydroxyl groups is 2. The summed E-state index contributed by atoms with van der Waals surface area (Å²) in [6, 6.07) is 0. The van der Waals surface area contributed by atoms with Crippen LogP contribution >= 0.6 is 7.82 Å². The van der Waals surface area contributed by atoms with Gasteiger partial charge in [0.05, 0.1) is 19.8 Å². The standard InChI is InChI=1S/C44H83O10P/c1-3-5-7-9-11-13-15-17-19-21-23-25-27-29-31-33-35-43(47)51-39-42(40-53-55(49,50)52-38-41(46)37-45)54-44(48)36-34-32-30-28-26-24-22-20-18-16-14-12-10-8-6-4-2/h14,16,20,22,41-42,45-46H,3-13,15,17-19,21,23-40H2,1-2H3,(H,49,50)/b16-14-,22-20-. The van der Waals surface area contributed by atoms with E-state index in [0.29, 0.717) is 12.8 Å². The first-order valence-corrected chi connectivity index (χ1v) is 23.8. The summed E-state index contributed by atoms with van der Waals surface area (Å²) >= 11 is 0. The third kappa shape index (κ3) is 40.4. The van der Waals surface area contributed by atoms with Crippen LogP contribution in [0.4, 0.5) is 0 Å². The molecule has 0 radical (unpaired) electrons. The van der Waals surface area contributed by atoms with Gasteiger partial charge in [0.15, 0.2) is 6.10 Å².